The van der Waals surface area contributed by atoms with Crippen molar-refractivity contribution < 1.29 is 9.53 Å². The number of H-pyrrole nitrogens is 1. The summed E-state index contributed by atoms with van der Waals surface area (Å²) in [6, 6.07) is 9.37. The van der Waals surface area contributed by atoms with Crippen LogP contribution in [0.15, 0.2) is 36.5 Å². The standard InChI is InChI=1S/C19H24N6O2/c1-12(2)25-17(9-13(3)24-25)22-19(26)20-10-15-11-21-23-18(15)14-5-7-16(27-4)8-6-14/h5-9,11-12H,10H2,1-4H3,(H,21,23)(H2,20,22,26). The van der Waals surface area contributed by atoms with E-state index >= 15 is 0 Å². The fourth-order valence-corrected chi connectivity index (χ4v) is 2.79. The summed E-state index contributed by atoms with van der Waals surface area (Å²) >= 11 is 0. The van der Waals surface area contributed by atoms with Crippen LogP contribution < -0.4 is 15.4 Å². The quantitative estimate of drug-likeness (QED) is 0.620. The molecule has 3 aromatic rings. The smallest absolute Gasteiger partial charge is 0.320 e. The summed E-state index contributed by atoms with van der Waals surface area (Å²) in [7, 11) is 1.63. The number of urea groups is 1. The van der Waals surface area contributed by atoms with E-state index in [0.717, 1.165) is 28.3 Å². The van der Waals surface area contributed by atoms with Crippen LogP contribution in [0.25, 0.3) is 11.3 Å². The lowest BCUT2D eigenvalue weighted by molar-refractivity contribution is 0.251. The third kappa shape index (κ3) is 4.28. The highest BCUT2D eigenvalue weighted by atomic mass is 16.5. The van der Waals surface area contributed by atoms with Gasteiger partial charge in [0, 0.05) is 29.8 Å². The molecule has 0 aliphatic rings. The summed E-state index contributed by atoms with van der Waals surface area (Å²) in [4.78, 5) is 12.3. The molecule has 0 atom stereocenters. The lowest BCUT2D eigenvalue weighted by atomic mass is 10.1. The minimum absolute atomic E-state index is 0.157. The third-order valence-electron chi connectivity index (χ3n) is 4.12. The molecular weight excluding hydrogens is 344 g/mol. The first-order valence-corrected chi connectivity index (χ1v) is 8.75. The molecule has 2 aromatic heterocycles. The van der Waals surface area contributed by atoms with E-state index in [9.17, 15) is 4.79 Å². The second-order valence-electron chi connectivity index (χ2n) is 6.52. The Labute approximate surface area is 157 Å². The van der Waals surface area contributed by atoms with Gasteiger partial charge in [-0.05, 0) is 45.0 Å². The molecule has 0 radical (unpaired) electrons. The van der Waals surface area contributed by atoms with Crippen molar-refractivity contribution in [1.29, 1.82) is 0 Å². The maximum atomic E-state index is 12.3. The molecule has 0 bridgehead atoms. The molecule has 142 valence electrons. The number of methoxy groups -OCH3 is 1. The Kier molecular flexibility index (Phi) is 5.44. The van der Waals surface area contributed by atoms with Crippen molar-refractivity contribution in [3.63, 3.8) is 0 Å². The highest BCUT2D eigenvalue weighted by molar-refractivity contribution is 5.88. The number of amides is 2. The van der Waals surface area contributed by atoms with Crippen LogP contribution in [0, 0.1) is 6.92 Å². The lowest BCUT2D eigenvalue weighted by Crippen LogP contribution is -2.29. The van der Waals surface area contributed by atoms with Crippen LogP contribution in [-0.2, 0) is 6.54 Å². The molecule has 0 saturated heterocycles. The number of anilines is 1. The van der Waals surface area contributed by atoms with E-state index in [4.69, 9.17) is 4.74 Å². The molecule has 0 fully saturated rings. The highest BCUT2D eigenvalue weighted by Crippen LogP contribution is 2.23. The van der Waals surface area contributed by atoms with Gasteiger partial charge in [0.25, 0.3) is 0 Å². The molecule has 3 rings (SSSR count). The minimum atomic E-state index is -0.293. The zero-order valence-electron chi connectivity index (χ0n) is 15.9. The number of hydrogen-bond donors (Lipinski definition) is 3. The molecule has 1 aromatic carbocycles. The topological polar surface area (TPSA) is 96.9 Å². The lowest BCUT2D eigenvalue weighted by Gasteiger charge is -2.12. The van der Waals surface area contributed by atoms with Gasteiger partial charge in [-0.1, -0.05) is 0 Å². The fourth-order valence-electron chi connectivity index (χ4n) is 2.79. The third-order valence-corrected chi connectivity index (χ3v) is 4.12. The second-order valence-corrected chi connectivity index (χ2v) is 6.52. The number of aromatic nitrogens is 4. The van der Waals surface area contributed by atoms with E-state index in [1.807, 2.05) is 51.1 Å². The number of nitrogens with zero attached hydrogens (tertiary/aromatic N) is 3. The molecule has 8 nitrogen and oxygen atoms in total. The van der Waals surface area contributed by atoms with Crippen molar-refractivity contribution in [3.05, 3.63) is 47.8 Å². The molecule has 27 heavy (non-hydrogen) atoms. The summed E-state index contributed by atoms with van der Waals surface area (Å²) in [5, 5.41) is 17.2. The molecule has 0 aliphatic carbocycles. The minimum Gasteiger partial charge on any atom is -0.497 e. The summed E-state index contributed by atoms with van der Waals surface area (Å²) in [6.07, 6.45) is 1.71. The molecule has 0 unspecified atom stereocenters. The Bertz CT molecular complexity index is 911. The van der Waals surface area contributed by atoms with Crippen molar-refractivity contribution in [2.45, 2.75) is 33.4 Å². The number of carbonyl (C=O) groups excluding carboxylic acids is 1. The summed E-state index contributed by atoms with van der Waals surface area (Å²) in [5.74, 6) is 1.46. The van der Waals surface area contributed by atoms with Gasteiger partial charge in [-0.3, -0.25) is 10.4 Å². The van der Waals surface area contributed by atoms with Gasteiger partial charge in [0.15, 0.2) is 0 Å². The number of aromatic amines is 1. The van der Waals surface area contributed by atoms with Gasteiger partial charge in [-0.15, -0.1) is 0 Å². The van der Waals surface area contributed by atoms with Crippen molar-refractivity contribution >= 4 is 11.8 Å². The fraction of sp³-hybridized carbons (Fsp3) is 0.316. The van der Waals surface area contributed by atoms with E-state index < -0.39 is 0 Å². The monoisotopic (exact) mass is 368 g/mol. The average Bonchev–Trinajstić information content (AvgIpc) is 3.26. The van der Waals surface area contributed by atoms with E-state index in [1.54, 1.807) is 18.0 Å². The molecule has 8 heteroatoms. The Balaban J connectivity index is 1.65. The summed E-state index contributed by atoms with van der Waals surface area (Å²) in [6.45, 7) is 6.28. The SMILES string of the molecule is COc1ccc(-c2[nH]ncc2CNC(=O)Nc2cc(C)nn2C(C)C)cc1. The predicted molar refractivity (Wildman–Crippen MR) is 104 cm³/mol. The van der Waals surface area contributed by atoms with E-state index in [2.05, 4.69) is 25.9 Å². The number of nitrogens with one attached hydrogen (secondary N) is 3. The average molecular weight is 368 g/mol. The van der Waals surface area contributed by atoms with E-state index in [-0.39, 0.29) is 12.1 Å². The van der Waals surface area contributed by atoms with Crippen LogP contribution in [0.2, 0.25) is 0 Å². The van der Waals surface area contributed by atoms with Gasteiger partial charge in [0.2, 0.25) is 0 Å². The van der Waals surface area contributed by atoms with Gasteiger partial charge < -0.3 is 10.1 Å². The highest BCUT2D eigenvalue weighted by Gasteiger charge is 2.13. The van der Waals surface area contributed by atoms with Crippen LogP contribution in [0.5, 0.6) is 5.75 Å². The first-order valence-electron chi connectivity index (χ1n) is 8.75. The maximum absolute atomic E-state index is 12.3. The Morgan fingerprint density at radius 2 is 2.04 bits per heavy atom. The predicted octanol–water partition coefficient (Wildman–Crippen LogP) is 3.49. The van der Waals surface area contributed by atoms with Gasteiger partial charge in [-0.2, -0.15) is 10.2 Å². The van der Waals surface area contributed by atoms with Crippen LogP contribution in [0.1, 0.15) is 31.1 Å². The van der Waals surface area contributed by atoms with Crippen molar-refractivity contribution in [3.8, 4) is 17.0 Å². The van der Waals surface area contributed by atoms with E-state index in [1.165, 1.54) is 0 Å². The van der Waals surface area contributed by atoms with Crippen molar-refractivity contribution in [1.82, 2.24) is 25.3 Å². The van der Waals surface area contributed by atoms with Gasteiger partial charge in [-0.25, -0.2) is 9.48 Å². The maximum Gasteiger partial charge on any atom is 0.320 e. The van der Waals surface area contributed by atoms with Gasteiger partial charge in [0.1, 0.15) is 11.6 Å². The number of aryl methyl sites for hydroxylation is 1. The molecular formula is C19H24N6O2. The Morgan fingerprint density at radius 1 is 1.30 bits per heavy atom. The van der Waals surface area contributed by atoms with Crippen LogP contribution in [-0.4, -0.2) is 33.1 Å². The van der Waals surface area contributed by atoms with E-state index in [0.29, 0.717) is 12.4 Å². The van der Waals surface area contributed by atoms with Crippen LogP contribution in [0.4, 0.5) is 10.6 Å². The largest absolute Gasteiger partial charge is 0.497 e. The number of rotatable bonds is 6. The van der Waals surface area contributed by atoms with Crippen LogP contribution >= 0.6 is 0 Å². The number of ether oxygens (including phenoxy) is 1. The molecule has 3 N–H and O–H groups in total. The normalized spacial score (nSPS) is 10.9. The summed E-state index contributed by atoms with van der Waals surface area (Å²) in [5.41, 5.74) is 3.58. The van der Waals surface area contributed by atoms with Gasteiger partial charge >= 0.3 is 6.03 Å². The number of benzene rings is 1. The van der Waals surface area contributed by atoms with Crippen LogP contribution in [0.3, 0.4) is 0 Å². The molecule has 0 spiro atoms. The number of carbonyl (C=O) groups is 1. The Hall–Kier alpha value is -3.29. The van der Waals surface area contributed by atoms with Crippen molar-refractivity contribution in [2.75, 3.05) is 12.4 Å². The van der Waals surface area contributed by atoms with Gasteiger partial charge in [0.05, 0.1) is 24.7 Å². The Morgan fingerprint density at radius 3 is 2.70 bits per heavy atom. The first kappa shape index (κ1) is 18.5. The molecule has 2 heterocycles. The zero-order chi connectivity index (χ0) is 19.4. The number of hydrogen-bond acceptors (Lipinski definition) is 4. The molecule has 0 saturated carbocycles. The first-order chi connectivity index (χ1) is 13.0. The molecule has 2 amide bonds. The molecule has 0 aliphatic heterocycles. The zero-order valence-corrected chi connectivity index (χ0v) is 15.9. The second kappa shape index (κ2) is 7.94. The summed E-state index contributed by atoms with van der Waals surface area (Å²) < 4.78 is 6.97. The van der Waals surface area contributed by atoms with Crippen molar-refractivity contribution in [2.24, 2.45) is 0 Å².